The molecule has 92 valence electrons. The zero-order chi connectivity index (χ0) is 13.1. The molecule has 1 aromatic rings. The summed E-state index contributed by atoms with van der Waals surface area (Å²) in [6.07, 6.45) is 1.03. The van der Waals surface area contributed by atoms with Gasteiger partial charge in [-0.1, -0.05) is 26.8 Å². The van der Waals surface area contributed by atoms with Crippen molar-refractivity contribution in [3.05, 3.63) is 23.9 Å². The van der Waals surface area contributed by atoms with Gasteiger partial charge in [0.25, 0.3) is 0 Å². The number of hydrogen-bond donors (Lipinski definition) is 1. The summed E-state index contributed by atoms with van der Waals surface area (Å²) in [4.78, 5) is 4.23. The molecule has 0 saturated carbocycles. The van der Waals surface area contributed by atoms with Crippen molar-refractivity contribution in [2.45, 2.75) is 46.6 Å². The third-order valence-corrected chi connectivity index (χ3v) is 2.30. The predicted octanol–water partition coefficient (Wildman–Crippen LogP) is 3.58. The van der Waals surface area contributed by atoms with Crippen molar-refractivity contribution >= 4 is 5.82 Å². The Morgan fingerprint density at radius 3 is 2.41 bits per heavy atom. The van der Waals surface area contributed by atoms with Crippen molar-refractivity contribution in [2.24, 2.45) is 5.41 Å². The second kappa shape index (κ2) is 4.75. The van der Waals surface area contributed by atoms with Gasteiger partial charge in [-0.15, -0.1) is 0 Å². The third-order valence-electron chi connectivity index (χ3n) is 2.30. The molecule has 0 bridgehead atoms. The summed E-state index contributed by atoms with van der Waals surface area (Å²) < 4.78 is 0. The lowest BCUT2D eigenvalue weighted by Crippen LogP contribution is -2.35. The molecule has 0 amide bonds. The average Bonchev–Trinajstić information content (AvgIpc) is 2.13. The molecule has 1 heterocycles. The normalized spacial score (nSPS) is 12.0. The summed E-state index contributed by atoms with van der Waals surface area (Å²) >= 11 is 0. The zero-order valence-corrected chi connectivity index (χ0v) is 11.3. The van der Waals surface area contributed by atoms with E-state index in [2.05, 4.69) is 51.0 Å². The van der Waals surface area contributed by atoms with E-state index in [0.29, 0.717) is 5.69 Å². The third kappa shape index (κ3) is 4.86. The van der Waals surface area contributed by atoms with Crippen molar-refractivity contribution in [2.75, 3.05) is 5.32 Å². The molecule has 0 spiro atoms. The highest BCUT2D eigenvalue weighted by atomic mass is 15.0. The Bertz CT molecular complexity index is 422. The van der Waals surface area contributed by atoms with Crippen LogP contribution < -0.4 is 5.32 Å². The summed E-state index contributed by atoms with van der Waals surface area (Å²) in [5.74, 6) is 0.762. The number of hydrogen-bond acceptors (Lipinski definition) is 3. The molecule has 17 heavy (non-hydrogen) atoms. The summed E-state index contributed by atoms with van der Waals surface area (Å²) in [5.41, 5.74) is 0.657. The Morgan fingerprint density at radius 1 is 1.24 bits per heavy atom. The molecule has 0 aromatic carbocycles. The van der Waals surface area contributed by atoms with Crippen molar-refractivity contribution in [1.29, 1.82) is 5.26 Å². The van der Waals surface area contributed by atoms with E-state index in [1.54, 1.807) is 6.07 Å². The molecule has 1 rings (SSSR count). The molecule has 3 heteroatoms. The summed E-state index contributed by atoms with van der Waals surface area (Å²) in [6.45, 7) is 11.0. The molecular weight excluding hydrogens is 210 g/mol. The zero-order valence-electron chi connectivity index (χ0n) is 11.3. The van der Waals surface area contributed by atoms with E-state index in [4.69, 9.17) is 5.26 Å². The maximum absolute atomic E-state index is 8.81. The van der Waals surface area contributed by atoms with Crippen LogP contribution in [-0.2, 0) is 0 Å². The minimum Gasteiger partial charge on any atom is -0.365 e. The Labute approximate surface area is 104 Å². The lowest BCUT2D eigenvalue weighted by molar-refractivity contribution is 0.302. The quantitative estimate of drug-likeness (QED) is 0.865. The smallest absolute Gasteiger partial charge is 0.142 e. The largest absolute Gasteiger partial charge is 0.365 e. The topological polar surface area (TPSA) is 48.7 Å². The Balaban J connectivity index is 2.79. The van der Waals surface area contributed by atoms with Crippen LogP contribution in [0.25, 0.3) is 0 Å². The lowest BCUT2D eigenvalue weighted by Gasteiger charge is -2.33. The first-order valence-electron chi connectivity index (χ1n) is 5.87. The predicted molar refractivity (Wildman–Crippen MR) is 70.7 cm³/mol. The first kappa shape index (κ1) is 13.5. The Hall–Kier alpha value is -1.56. The number of pyridine rings is 1. The molecule has 0 radical (unpaired) electrons. The molecule has 1 aromatic heterocycles. The summed E-state index contributed by atoms with van der Waals surface area (Å²) in [7, 11) is 0. The SMILES string of the molecule is CC(C)(C)CC(C)(C)Nc1cccc(C#N)n1. The van der Waals surface area contributed by atoms with E-state index in [1.807, 2.05) is 12.1 Å². The van der Waals surface area contributed by atoms with Gasteiger partial charge >= 0.3 is 0 Å². The van der Waals surface area contributed by atoms with Crippen LogP contribution >= 0.6 is 0 Å². The molecule has 1 N–H and O–H groups in total. The van der Waals surface area contributed by atoms with Gasteiger partial charge in [0.15, 0.2) is 0 Å². The van der Waals surface area contributed by atoms with Crippen molar-refractivity contribution in [1.82, 2.24) is 4.98 Å². The summed E-state index contributed by atoms with van der Waals surface area (Å²) in [5, 5.41) is 12.2. The van der Waals surface area contributed by atoms with E-state index in [-0.39, 0.29) is 11.0 Å². The van der Waals surface area contributed by atoms with Crippen LogP contribution in [0.5, 0.6) is 0 Å². The molecule has 0 aliphatic heterocycles. The second-order valence-electron chi connectivity index (χ2n) is 6.27. The lowest BCUT2D eigenvalue weighted by atomic mass is 9.82. The monoisotopic (exact) mass is 231 g/mol. The molecule has 0 fully saturated rings. The maximum atomic E-state index is 8.81. The standard InChI is InChI=1S/C14H21N3/c1-13(2,3)10-14(4,5)17-12-8-6-7-11(9-15)16-12/h6-8H,10H2,1-5H3,(H,16,17). The molecule has 0 saturated heterocycles. The first-order valence-corrected chi connectivity index (χ1v) is 5.87. The number of nitrogens with one attached hydrogen (secondary N) is 1. The fourth-order valence-electron chi connectivity index (χ4n) is 2.28. The van der Waals surface area contributed by atoms with Crippen LogP contribution in [0, 0.1) is 16.7 Å². The van der Waals surface area contributed by atoms with Crippen molar-refractivity contribution in [3.63, 3.8) is 0 Å². The highest BCUT2D eigenvalue weighted by molar-refractivity contribution is 5.40. The minimum absolute atomic E-state index is 0.0423. The van der Waals surface area contributed by atoms with E-state index in [9.17, 15) is 0 Å². The van der Waals surface area contributed by atoms with Gasteiger partial charge in [-0.3, -0.25) is 0 Å². The van der Waals surface area contributed by atoms with Gasteiger partial charge in [0.05, 0.1) is 0 Å². The maximum Gasteiger partial charge on any atom is 0.142 e. The number of anilines is 1. The van der Waals surface area contributed by atoms with Gasteiger partial charge in [-0.05, 0) is 37.8 Å². The highest BCUT2D eigenvalue weighted by Gasteiger charge is 2.25. The molecule has 3 nitrogen and oxygen atoms in total. The number of aromatic nitrogens is 1. The van der Waals surface area contributed by atoms with Crippen LogP contribution in [-0.4, -0.2) is 10.5 Å². The van der Waals surface area contributed by atoms with Crippen LogP contribution in [0.3, 0.4) is 0 Å². The molecule has 0 aliphatic carbocycles. The molecule has 0 atom stereocenters. The first-order chi connectivity index (χ1) is 7.72. The van der Waals surface area contributed by atoms with Gasteiger partial charge in [0.2, 0.25) is 0 Å². The number of nitrogens with zero attached hydrogens (tertiary/aromatic N) is 2. The van der Waals surface area contributed by atoms with Gasteiger partial charge in [-0.25, -0.2) is 4.98 Å². The van der Waals surface area contributed by atoms with Crippen LogP contribution in [0.1, 0.15) is 46.7 Å². The Kier molecular flexibility index (Phi) is 3.77. The van der Waals surface area contributed by atoms with Gasteiger partial charge in [-0.2, -0.15) is 5.26 Å². The van der Waals surface area contributed by atoms with Gasteiger partial charge in [0, 0.05) is 5.54 Å². The molecule has 0 unspecified atom stereocenters. The van der Waals surface area contributed by atoms with Crippen LogP contribution in [0.4, 0.5) is 5.82 Å². The average molecular weight is 231 g/mol. The van der Waals surface area contributed by atoms with E-state index < -0.39 is 0 Å². The van der Waals surface area contributed by atoms with E-state index in [1.165, 1.54) is 0 Å². The second-order valence-corrected chi connectivity index (χ2v) is 6.27. The summed E-state index contributed by atoms with van der Waals surface area (Å²) in [6, 6.07) is 7.50. The van der Waals surface area contributed by atoms with Gasteiger partial charge < -0.3 is 5.32 Å². The fourth-order valence-corrected chi connectivity index (χ4v) is 2.28. The van der Waals surface area contributed by atoms with E-state index >= 15 is 0 Å². The number of nitriles is 1. The van der Waals surface area contributed by atoms with Crippen molar-refractivity contribution in [3.8, 4) is 6.07 Å². The Morgan fingerprint density at radius 2 is 1.88 bits per heavy atom. The van der Waals surface area contributed by atoms with Gasteiger partial charge in [0.1, 0.15) is 17.6 Å². The van der Waals surface area contributed by atoms with Crippen molar-refractivity contribution < 1.29 is 0 Å². The van der Waals surface area contributed by atoms with Crippen LogP contribution in [0.2, 0.25) is 0 Å². The molecular formula is C14H21N3. The van der Waals surface area contributed by atoms with E-state index in [0.717, 1.165) is 12.2 Å². The minimum atomic E-state index is -0.0423. The molecule has 0 aliphatic rings. The fraction of sp³-hybridized carbons (Fsp3) is 0.571. The number of rotatable bonds is 3. The van der Waals surface area contributed by atoms with Crippen LogP contribution in [0.15, 0.2) is 18.2 Å². The highest BCUT2D eigenvalue weighted by Crippen LogP contribution is 2.29.